The Bertz CT molecular complexity index is 1330. The molecule has 3 aromatic carbocycles. The molecule has 0 fully saturated rings. The second kappa shape index (κ2) is 9.39. The third-order valence-electron chi connectivity index (χ3n) is 4.57. The Morgan fingerprint density at radius 3 is 1.41 bits per heavy atom. The number of carboxylic acid groups (broad SMARTS) is 1. The molecule has 0 bridgehead atoms. The van der Waals surface area contributed by atoms with Gasteiger partial charge < -0.3 is 13.5 Å². The van der Waals surface area contributed by atoms with Crippen molar-refractivity contribution in [2.45, 2.75) is 30.1 Å². The highest BCUT2D eigenvalue weighted by molar-refractivity contribution is 7.87. The lowest BCUT2D eigenvalue weighted by atomic mass is 10.1. The normalized spacial score (nSPS) is 11.9. The van der Waals surface area contributed by atoms with Crippen LogP contribution >= 0.6 is 0 Å². The molecule has 8 nitrogen and oxygen atoms in total. The number of hydrogen-bond acceptors (Lipinski definition) is 7. The van der Waals surface area contributed by atoms with E-state index in [1.54, 1.807) is 13.8 Å². The summed E-state index contributed by atoms with van der Waals surface area (Å²) in [6, 6.07) is 11.5. The van der Waals surface area contributed by atoms with Crippen molar-refractivity contribution in [3.8, 4) is 11.5 Å². The number of benzene rings is 3. The summed E-state index contributed by atoms with van der Waals surface area (Å²) in [5, 5.41) is 9.65. The second-order valence-electron chi connectivity index (χ2n) is 7.20. The Balaban J connectivity index is 2.14. The zero-order chi connectivity index (χ0) is 25.3. The van der Waals surface area contributed by atoms with E-state index in [1.165, 1.54) is 48.5 Å². The van der Waals surface area contributed by atoms with E-state index in [0.29, 0.717) is 12.1 Å². The van der Waals surface area contributed by atoms with Gasteiger partial charge in [-0.05, 0) is 50.2 Å². The molecule has 0 atom stereocenters. The van der Waals surface area contributed by atoms with Gasteiger partial charge in [0.1, 0.15) is 15.4 Å². The monoisotopic (exact) mass is 512 g/mol. The minimum Gasteiger partial charge on any atom is -0.477 e. The summed E-state index contributed by atoms with van der Waals surface area (Å²) < 4.78 is 87.4. The largest absolute Gasteiger partial charge is 0.477 e. The van der Waals surface area contributed by atoms with Crippen LogP contribution in [0.1, 0.15) is 33.5 Å². The lowest BCUT2D eigenvalue weighted by molar-refractivity contribution is 0.0692. The average Bonchev–Trinajstić information content (AvgIpc) is 2.73. The Hall–Kier alpha value is -3.51. The molecule has 1 N–H and O–H groups in total. The summed E-state index contributed by atoms with van der Waals surface area (Å²) in [5.41, 5.74) is -0.521. The van der Waals surface area contributed by atoms with Gasteiger partial charge in [0.05, 0.1) is 0 Å². The number of aromatic carboxylic acids is 1. The Morgan fingerprint density at radius 2 is 1.12 bits per heavy atom. The number of alkyl halides is 2. The number of aryl methyl sites for hydroxylation is 2. The van der Waals surface area contributed by atoms with Crippen molar-refractivity contribution >= 4 is 26.2 Å². The van der Waals surface area contributed by atoms with Crippen molar-refractivity contribution < 1.29 is 43.9 Å². The molecule has 180 valence electrons. The third-order valence-corrected chi connectivity index (χ3v) is 7.07. The smallest absolute Gasteiger partial charge is 0.343 e. The number of halogens is 2. The maximum atomic E-state index is 13.5. The molecule has 0 spiro atoms. The predicted molar refractivity (Wildman–Crippen MR) is 116 cm³/mol. The van der Waals surface area contributed by atoms with Crippen LogP contribution in [0.2, 0.25) is 0 Å². The van der Waals surface area contributed by atoms with Crippen LogP contribution in [0.25, 0.3) is 0 Å². The molecule has 3 rings (SSSR count). The van der Waals surface area contributed by atoms with Gasteiger partial charge in [0.2, 0.25) is 0 Å². The van der Waals surface area contributed by atoms with Crippen molar-refractivity contribution in [2.75, 3.05) is 0 Å². The van der Waals surface area contributed by atoms with Gasteiger partial charge in [0.15, 0.2) is 11.5 Å². The predicted octanol–water partition coefficient (Wildman–Crippen LogP) is 4.47. The van der Waals surface area contributed by atoms with Crippen molar-refractivity contribution in [3.63, 3.8) is 0 Å². The van der Waals surface area contributed by atoms with E-state index >= 15 is 0 Å². The minimum atomic E-state index is -4.66. The molecule has 3 aromatic rings. The summed E-state index contributed by atoms with van der Waals surface area (Å²) in [6.07, 6.45) is -3.23. The Labute approximate surface area is 194 Å². The van der Waals surface area contributed by atoms with Crippen molar-refractivity contribution in [2.24, 2.45) is 0 Å². The van der Waals surface area contributed by atoms with Gasteiger partial charge in [-0.1, -0.05) is 35.4 Å². The van der Waals surface area contributed by atoms with E-state index in [2.05, 4.69) is 0 Å². The lowest BCUT2D eigenvalue weighted by Crippen LogP contribution is -2.16. The number of carbonyl (C=O) groups is 1. The molecule has 0 unspecified atom stereocenters. The maximum absolute atomic E-state index is 13.5. The van der Waals surface area contributed by atoms with Gasteiger partial charge in [0.25, 0.3) is 6.43 Å². The van der Waals surface area contributed by atoms with Gasteiger partial charge in [-0.15, -0.1) is 0 Å². The maximum Gasteiger partial charge on any atom is 0.343 e. The molecular weight excluding hydrogens is 494 g/mol. The van der Waals surface area contributed by atoms with Gasteiger partial charge in [-0.25, -0.2) is 13.6 Å². The summed E-state index contributed by atoms with van der Waals surface area (Å²) >= 11 is 0. The first kappa shape index (κ1) is 25.1. The summed E-state index contributed by atoms with van der Waals surface area (Å²) in [4.78, 5) is 11.2. The Morgan fingerprint density at radius 1 is 0.765 bits per heavy atom. The van der Waals surface area contributed by atoms with E-state index in [1.807, 2.05) is 0 Å². The van der Waals surface area contributed by atoms with Crippen molar-refractivity contribution in [1.29, 1.82) is 0 Å². The SMILES string of the molecule is Cc1ccc(S(=O)(=O)Oc2cc(C(F)F)cc(OS(=O)(=O)c3ccc(C)cc3)c2C(=O)O)cc1. The molecule has 0 aromatic heterocycles. The van der Waals surface area contributed by atoms with E-state index in [0.717, 1.165) is 11.1 Å². The molecule has 0 amide bonds. The highest BCUT2D eigenvalue weighted by atomic mass is 32.2. The molecule has 0 saturated carbocycles. The van der Waals surface area contributed by atoms with Crippen LogP contribution in [0.4, 0.5) is 8.78 Å². The molecular formula is C22H18F2O8S2. The van der Waals surface area contributed by atoms with Crippen LogP contribution in [0.5, 0.6) is 11.5 Å². The topological polar surface area (TPSA) is 124 Å². The van der Waals surface area contributed by atoms with Crippen LogP contribution in [0.3, 0.4) is 0 Å². The Kier molecular flexibility index (Phi) is 6.94. The summed E-state index contributed by atoms with van der Waals surface area (Å²) in [6.45, 7) is 3.40. The second-order valence-corrected chi connectivity index (χ2v) is 10.3. The fraction of sp³-hybridized carbons (Fsp3) is 0.136. The van der Waals surface area contributed by atoms with Gasteiger partial charge >= 0.3 is 26.2 Å². The van der Waals surface area contributed by atoms with Crippen LogP contribution in [-0.2, 0) is 20.2 Å². The van der Waals surface area contributed by atoms with Crippen molar-refractivity contribution in [1.82, 2.24) is 0 Å². The zero-order valence-corrected chi connectivity index (χ0v) is 19.4. The number of hydrogen-bond donors (Lipinski definition) is 1. The third kappa shape index (κ3) is 5.51. The summed E-state index contributed by atoms with van der Waals surface area (Å²) in [5.74, 6) is -3.91. The molecule has 0 aliphatic heterocycles. The zero-order valence-electron chi connectivity index (χ0n) is 17.7. The molecule has 34 heavy (non-hydrogen) atoms. The van der Waals surface area contributed by atoms with Crippen LogP contribution in [0, 0.1) is 13.8 Å². The van der Waals surface area contributed by atoms with Crippen LogP contribution in [-0.4, -0.2) is 27.9 Å². The van der Waals surface area contributed by atoms with Gasteiger partial charge in [-0.2, -0.15) is 16.8 Å². The molecule has 0 heterocycles. The quantitative estimate of drug-likeness (QED) is 0.438. The van der Waals surface area contributed by atoms with Gasteiger partial charge in [-0.3, -0.25) is 0 Å². The molecule has 0 aliphatic rings. The molecule has 12 heteroatoms. The molecule has 0 aliphatic carbocycles. The van der Waals surface area contributed by atoms with E-state index in [-0.39, 0.29) is 9.79 Å². The highest BCUT2D eigenvalue weighted by Gasteiger charge is 2.30. The first-order valence-corrected chi connectivity index (χ1v) is 12.3. The molecule has 0 saturated heterocycles. The van der Waals surface area contributed by atoms with Crippen LogP contribution < -0.4 is 8.37 Å². The number of carboxylic acids is 1. The lowest BCUT2D eigenvalue weighted by Gasteiger charge is -2.16. The van der Waals surface area contributed by atoms with E-state index in [4.69, 9.17) is 8.37 Å². The fourth-order valence-electron chi connectivity index (χ4n) is 2.82. The standard InChI is InChI=1S/C22H18F2O8S2/c1-13-3-7-16(8-4-13)33(27,28)31-18-11-15(21(23)24)12-19(20(18)22(25)26)32-34(29,30)17-9-5-14(2)6-10-17/h3-12,21H,1-2H3,(H,25,26). The number of rotatable bonds is 8. The minimum absolute atomic E-state index is 0.369. The highest BCUT2D eigenvalue weighted by Crippen LogP contribution is 2.37. The van der Waals surface area contributed by atoms with Crippen LogP contribution in [0.15, 0.2) is 70.5 Å². The van der Waals surface area contributed by atoms with Crippen molar-refractivity contribution in [3.05, 3.63) is 82.9 Å². The summed E-state index contributed by atoms with van der Waals surface area (Å²) in [7, 11) is -9.32. The average molecular weight is 513 g/mol. The van der Waals surface area contributed by atoms with E-state index in [9.17, 15) is 35.5 Å². The first-order chi connectivity index (χ1) is 15.8. The first-order valence-electron chi connectivity index (χ1n) is 9.52. The van der Waals surface area contributed by atoms with E-state index < -0.39 is 55.3 Å². The van der Waals surface area contributed by atoms with Gasteiger partial charge in [0, 0.05) is 5.56 Å². The fourth-order valence-corrected chi connectivity index (χ4v) is 4.69. The molecule has 0 radical (unpaired) electrons.